The quantitative estimate of drug-likeness (QED) is 0.624. The maximum Gasteiger partial charge on any atom is 0.266 e. The molecule has 0 bridgehead atoms. The van der Waals surface area contributed by atoms with Crippen LogP contribution in [-0.4, -0.2) is 59.7 Å². The highest BCUT2D eigenvalue weighted by Gasteiger charge is 2.51. The van der Waals surface area contributed by atoms with Crippen LogP contribution in [0.4, 0.5) is 0 Å². The Bertz CT molecular complexity index is 1290. The molecule has 0 unspecified atom stereocenters. The van der Waals surface area contributed by atoms with E-state index in [1.165, 1.54) is 11.2 Å². The lowest BCUT2D eigenvalue weighted by Gasteiger charge is -2.50. The van der Waals surface area contributed by atoms with Crippen molar-refractivity contribution in [3.8, 4) is 11.5 Å². The van der Waals surface area contributed by atoms with E-state index >= 15 is 0 Å². The number of nitrogens with one attached hydrogen (secondary N) is 1. The fourth-order valence-corrected chi connectivity index (χ4v) is 5.04. The van der Waals surface area contributed by atoms with E-state index in [1.54, 1.807) is 37.3 Å². The van der Waals surface area contributed by atoms with Crippen LogP contribution in [0.3, 0.4) is 0 Å². The monoisotopic (exact) mass is 446 g/mol. The summed E-state index contributed by atoms with van der Waals surface area (Å²) in [5.41, 5.74) is 3.09. The highest BCUT2D eigenvalue weighted by atomic mass is 16.5. The normalized spacial score (nSPS) is 19.7. The third-order valence-electron chi connectivity index (χ3n) is 6.60. The van der Waals surface area contributed by atoms with E-state index in [2.05, 4.69) is 16.2 Å². The van der Waals surface area contributed by atoms with Crippen LogP contribution in [0.2, 0.25) is 0 Å². The number of carbonyl (C=O) groups is 2. The number of fused-ring (bicyclic) bond motifs is 4. The van der Waals surface area contributed by atoms with E-state index in [-0.39, 0.29) is 18.4 Å². The smallest absolute Gasteiger partial charge is 0.266 e. The molecule has 8 heteroatoms. The zero-order valence-corrected chi connectivity index (χ0v) is 19.1. The van der Waals surface area contributed by atoms with Crippen LogP contribution in [-0.2, 0) is 21.5 Å². The van der Waals surface area contributed by atoms with Crippen molar-refractivity contribution in [1.29, 1.82) is 0 Å². The number of benzene rings is 2. The topological polar surface area (TPSA) is 87.2 Å². The molecule has 2 amide bonds. The number of amides is 2. The summed E-state index contributed by atoms with van der Waals surface area (Å²) in [5, 5.41) is 6.73. The van der Waals surface area contributed by atoms with Crippen molar-refractivity contribution in [3.05, 3.63) is 59.3 Å². The van der Waals surface area contributed by atoms with Crippen molar-refractivity contribution in [1.82, 2.24) is 14.9 Å². The summed E-state index contributed by atoms with van der Waals surface area (Å²) in [6.07, 6.45) is 1.98. The van der Waals surface area contributed by atoms with Gasteiger partial charge >= 0.3 is 0 Å². The summed E-state index contributed by atoms with van der Waals surface area (Å²) in [7, 11) is 3.14. The highest BCUT2D eigenvalue weighted by Crippen LogP contribution is 2.42. The zero-order valence-electron chi connectivity index (χ0n) is 19.1. The van der Waals surface area contributed by atoms with Crippen molar-refractivity contribution in [2.24, 2.45) is 5.10 Å². The standard InChI is InChI=1S/C25H26N4O4/c1-25(2)23-18(17-7-5-6-8-19(17)27-23)12-20-24(31)28(14-22(30)29(20)25)26-13-15-11-16(32-3)9-10-21(15)33-4/h5-11,13,20,27H,12,14H2,1-4H3/t20-/m0/s1. The number of para-hydroxylation sites is 1. The number of H-pyrrole nitrogens is 1. The molecule has 0 radical (unpaired) electrons. The second-order valence-electron chi connectivity index (χ2n) is 8.82. The Hall–Kier alpha value is -3.81. The molecule has 5 rings (SSSR count). The molecule has 1 aromatic heterocycles. The maximum atomic E-state index is 13.5. The molecular formula is C25H26N4O4. The van der Waals surface area contributed by atoms with Crippen molar-refractivity contribution >= 4 is 28.9 Å². The van der Waals surface area contributed by atoms with Gasteiger partial charge in [0.2, 0.25) is 5.91 Å². The first-order valence-corrected chi connectivity index (χ1v) is 10.8. The number of hydrazone groups is 1. The predicted molar refractivity (Wildman–Crippen MR) is 125 cm³/mol. The molecule has 0 aliphatic carbocycles. The number of aromatic nitrogens is 1. The Balaban J connectivity index is 1.50. The summed E-state index contributed by atoms with van der Waals surface area (Å²) in [6.45, 7) is 3.86. The molecule has 33 heavy (non-hydrogen) atoms. The number of hydrogen-bond donors (Lipinski definition) is 1. The van der Waals surface area contributed by atoms with Gasteiger partial charge < -0.3 is 19.4 Å². The van der Waals surface area contributed by atoms with Crippen LogP contribution in [0.15, 0.2) is 47.6 Å². The van der Waals surface area contributed by atoms with E-state index in [4.69, 9.17) is 9.47 Å². The lowest BCUT2D eigenvalue weighted by atomic mass is 9.82. The molecule has 1 atom stereocenters. The Labute approximate surface area is 191 Å². The van der Waals surface area contributed by atoms with Crippen molar-refractivity contribution in [2.75, 3.05) is 20.8 Å². The lowest BCUT2D eigenvalue weighted by Crippen LogP contribution is -2.66. The average Bonchev–Trinajstić information content (AvgIpc) is 3.19. The van der Waals surface area contributed by atoms with Gasteiger partial charge in [-0.05, 0) is 43.7 Å². The average molecular weight is 447 g/mol. The third kappa shape index (κ3) is 3.25. The van der Waals surface area contributed by atoms with Crippen LogP contribution >= 0.6 is 0 Å². The summed E-state index contributed by atoms with van der Waals surface area (Å²) in [5.74, 6) is 0.907. The predicted octanol–water partition coefficient (Wildman–Crippen LogP) is 3.05. The van der Waals surface area contributed by atoms with Gasteiger partial charge in [-0.2, -0.15) is 5.10 Å². The molecular weight excluding hydrogens is 420 g/mol. The van der Waals surface area contributed by atoms with Crippen molar-refractivity contribution in [2.45, 2.75) is 31.8 Å². The molecule has 1 N–H and O–H groups in total. The number of methoxy groups -OCH3 is 2. The third-order valence-corrected chi connectivity index (χ3v) is 6.60. The van der Waals surface area contributed by atoms with E-state index in [0.717, 1.165) is 22.2 Å². The first-order valence-electron chi connectivity index (χ1n) is 10.8. The second-order valence-corrected chi connectivity index (χ2v) is 8.82. The van der Waals surface area contributed by atoms with Crippen molar-refractivity contribution < 1.29 is 19.1 Å². The number of ether oxygens (including phenoxy) is 2. The zero-order chi connectivity index (χ0) is 23.3. The minimum absolute atomic E-state index is 0.114. The van der Waals surface area contributed by atoms with Crippen LogP contribution in [0, 0.1) is 0 Å². The largest absolute Gasteiger partial charge is 0.497 e. The van der Waals surface area contributed by atoms with Crippen molar-refractivity contribution in [3.63, 3.8) is 0 Å². The van der Waals surface area contributed by atoms with Crippen LogP contribution in [0.5, 0.6) is 11.5 Å². The first-order chi connectivity index (χ1) is 15.8. The number of carbonyl (C=O) groups excluding carboxylic acids is 2. The van der Waals surface area contributed by atoms with Gasteiger partial charge in [0, 0.05) is 28.6 Å². The molecule has 3 aromatic rings. The maximum absolute atomic E-state index is 13.5. The van der Waals surface area contributed by atoms with Gasteiger partial charge in [-0.3, -0.25) is 9.59 Å². The SMILES string of the molecule is COc1ccc(OC)c(C=NN2CC(=O)N3[C@@H](Cc4c([nH]c5ccccc45)C3(C)C)C2=O)c1. The molecule has 170 valence electrons. The van der Waals surface area contributed by atoms with E-state index in [9.17, 15) is 9.59 Å². The summed E-state index contributed by atoms with van der Waals surface area (Å²) in [4.78, 5) is 32.0. The fraction of sp³-hybridized carbons (Fsp3) is 0.320. The molecule has 0 saturated carbocycles. The fourth-order valence-electron chi connectivity index (χ4n) is 5.04. The van der Waals surface area contributed by atoms with Gasteiger partial charge in [-0.15, -0.1) is 0 Å². The molecule has 2 aromatic carbocycles. The molecule has 2 aliphatic heterocycles. The number of rotatable bonds is 4. The van der Waals surface area contributed by atoms with Crippen LogP contribution in [0.1, 0.15) is 30.7 Å². The van der Waals surface area contributed by atoms with Gasteiger partial charge in [-0.25, -0.2) is 5.01 Å². The highest BCUT2D eigenvalue weighted by molar-refractivity contribution is 5.98. The van der Waals surface area contributed by atoms with Gasteiger partial charge in [0.15, 0.2) is 0 Å². The molecule has 1 saturated heterocycles. The molecule has 8 nitrogen and oxygen atoms in total. The van der Waals surface area contributed by atoms with E-state index in [1.807, 2.05) is 32.0 Å². The van der Waals surface area contributed by atoms with Crippen LogP contribution in [0.25, 0.3) is 10.9 Å². The molecule has 0 spiro atoms. The molecule has 3 heterocycles. The Kier molecular flexibility index (Phi) is 4.88. The molecule has 2 aliphatic rings. The summed E-state index contributed by atoms with van der Waals surface area (Å²) >= 11 is 0. The van der Waals surface area contributed by atoms with Gasteiger partial charge in [0.25, 0.3) is 5.91 Å². The Morgan fingerprint density at radius 3 is 2.67 bits per heavy atom. The Morgan fingerprint density at radius 2 is 1.91 bits per heavy atom. The lowest BCUT2D eigenvalue weighted by molar-refractivity contribution is -0.163. The van der Waals surface area contributed by atoms with Gasteiger partial charge in [0.1, 0.15) is 24.1 Å². The first kappa shape index (κ1) is 21.1. The van der Waals surface area contributed by atoms with Gasteiger partial charge in [-0.1, -0.05) is 18.2 Å². The van der Waals surface area contributed by atoms with Gasteiger partial charge in [0.05, 0.1) is 26.0 Å². The number of hydrogen-bond acceptors (Lipinski definition) is 5. The number of nitrogens with zero attached hydrogens (tertiary/aromatic N) is 3. The van der Waals surface area contributed by atoms with Crippen LogP contribution < -0.4 is 9.47 Å². The Morgan fingerprint density at radius 1 is 1.12 bits per heavy atom. The molecule has 1 fully saturated rings. The summed E-state index contributed by atoms with van der Waals surface area (Å²) in [6, 6.07) is 12.7. The second kappa shape index (κ2) is 7.65. The summed E-state index contributed by atoms with van der Waals surface area (Å²) < 4.78 is 10.7. The minimum atomic E-state index is -0.643. The number of piperazine rings is 1. The number of aromatic amines is 1. The minimum Gasteiger partial charge on any atom is -0.497 e. The van der Waals surface area contributed by atoms with E-state index in [0.29, 0.717) is 23.5 Å². The van der Waals surface area contributed by atoms with E-state index < -0.39 is 11.6 Å².